The number of hydrogen-bond acceptors (Lipinski definition) is 4. The molecule has 0 aromatic heterocycles. The smallest absolute Gasteiger partial charge is 0.335 e. The summed E-state index contributed by atoms with van der Waals surface area (Å²) in [6.45, 7) is 0. The van der Waals surface area contributed by atoms with Crippen LogP contribution in [0.2, 0.25) is 0 Å². The number of anilines is 6. The predicted molar refractivity (Wildman–Crippen MR) is 175 cm³/mol. The highest BCUT2D eigenvalue weighted by Crippen LogP contribution is 2.38. The summed E-state index contributed by atoms with van der Waals surface area (Å²) in [6.07, 6.45) is 0. The lowest BCUT2D eigenvalue weighted by molar-refractivity contribution is 0.0686. The maximum Gasteiger partial charge on any atom is 0.335 e. The van der Waals surface area contributed by atoms with Crippen molar-refractivity contribution in [3.05, 3.63) is 169 Å². The minimum atomic E-state index is -0.973. The summed E-state index contributed by atoms with van der Waals surface area (Å²) in [5, 5.41) is 19.1. The summed E-state index contributed by atoms with van der Waals surface area (Å²) in [5.74, 6) is -1.95. The molecule has 0 aliphatic carbocycles. The van der Waals surface area contributed by atoms with E-state index in [1.165, 1.54) is 0 Å². The Kier molecular flexibility index (Phi) is 7.88. The number of carbonyl (C=O) groups is 2. The van der Waals surface area contributed by atoms with Gasteiger partial charge in [-0.3, -0.25) is 0 Å². The third-order valence-electron chi connectivity index (χ3n) is 7.32. The highest BCUT2D eigenvalue weighted by atomic mass is 16.4. The van der Waals surface area contributed by atoms with Crippen LogP contribution >= 0.6 is 0 Å². The van der Waals surface area contributed by atoms with Gasteiger partial charge in [-0.1, -0.05) is 72.8 Å². The average molecular weight is 577 g/mol. The first-order valence-electron chi connectivity index (χ1n) is 14.1. The van der Waals surface area contributed by atoms with Crippen molar-refractivity contribution in [1.82, 2.24) is 0 Å². The lowest BCUT2D eigenvalue weighted by Gasteiger charge is -2.26. The van der Waals surface area contributed by atoms with E-state index in [0.717, 1.165) is 45.3 Å². The maximum atomic E-state index is 11.7. The second-order valence-corrected chi connectivity index (χ2v) is 10.1. The molecule has 2 N–H and O–H groups in total. The van der Waals surface area contributed by atoms with Crippen molar-refractivity contribution in [2.75, 3.05) is 9.80 Å². The SMILES string of the molecule is O=C(O)c1cccc(N(c2ccccc2)c2ccc(-c3ccc(N(c4ccccc4)c4cccc(C(=O)O)c4)cc3)cc2)c1. The summed E-state index contributed by atoms with van der Waals surface area (Å²) in [4.78, 5) is 27.4. The third kappa shape index (κ3) is 5.91. The van der Waals surface area contributed by atoms with Crippen LogP contribution < -0.4 is 9.80 Å². The van der Waals surface area contributed by atoms with Crippen LogP contribution in [0.15, 0.2) is 158 Å². The fraction of sp³-hybridized carbons (Fsp3) is 0. The van der Waals surface area contributed by atoms with E-state index in [2.05, 4.69) is 0 Å². The molecule has 6 nitrogen and oxygen atoms in total. The normalized spacial score (nSPS) is 10.6. The molecule has 214 valence electrons. The largest absolute Gasteiger partial charge is 0.478 e. The molecule has 44 heavy (non-hydrogen) atoms. The van der Waals surface area contributed by atoms with Gasteiger partial charge in [0.05, 0.1) is 11.1 Å². The average Bonchev–Trinajstić information content (AvgIpc) is 3.07. The van der Waals surface area contributed by atoms with Gasteiger partial charge in [0.15, 0.2) is 0 Å². The van der Waals surface area contributed by atoms with Crippen LogP contribution in [0.5, 0.6) is 0 Å². The fourth-order valence-corrected chi connectivity index (χ4v) is 5.21. The Hall–Kier alpha value is -6.14. The minimum absolute atomic E-state index is 0.222. The molecule has 0 aliphatic rings. The fourth-order valence-electron chi connectivity index (χ4n) is 5.21. The van der Waals surface area contributed by atoms with E-state index in [4.69, 9.17) is 0 Å². The number of hydrogen-bond donors (Lipinski definition) is 2. The van der Waals surface area contributed by atoms with Gasteiger partial charge in [-0.05, 0) is 96.1 Å². The molecule has 0 fully saturated rings. The molecule has 0 spiro atoms. The van der Waals surface area contributed by atoms with Gasteiger partial charge in [0, 0.05) is 34.1 Å². The van der Waals surface area contributed by atoms with Crippen LogP contribution in [0.4, 0.5) is 34.1 Å². The van der Waals surface area contributed by atoms with Crippen molar-refractivity contribution < 1.29 is 19.8 Å². The molecule has 0 heterocycles. The quantitative estimate of drug-likeness (QED) is 0.178. The molecular formula is C38H28N2O4. The maximum absolute atomic E-state index is 11.7. The molecule has 0 aliphatic heterocycles. The van der Waals surface area contributed by atoms with Crippen LogP contribution in [0.1, 0.15) is 20.7 Å². The summed E-state index contributed by atoms with van der Waals surface area (Å²) < 4.78 is 0. The predicted octanol–water partition coefficient (Wildman–Crippen LogP) is 9.69. The zero-order valence-electron chi connectivity index (χ0n) is 23.6. The molecule has 6 rings (SSSR count). The molecule has 0 unspecified atom stereocenters. The first kappa shape index (κ1) is 28.0. The number of rotatable bonds is 9. The van der Waals surface area contributed by atoms with Gasteiger partial charge in [0.2, 0.25) is 0 Å². The van der Waals surface area contributed by atoms with E-state index >= 15 is 0 Å². The summed E-state index contributed by atoms with van der Waals surface area (Å²) >= 11 is 0. The van der Waals surface area contributed by atoms with Crippen LogP contribution in [-0.4, -0.2) is 22.2 Å². The van der Waals surface area contributed by atoms with Gasteiger partial charge in [0.25, 0.3) is 0 Å². The first-order valence-corrected chi connectivity index (χ1v) is 14.1. The Bertz CT molecular complexity index is 1760. The van der Waals surface area contributed by atoms with Gasteiger partial charge >= 0.3 is 11.9 Å². The zero-order chi connectivity index (χ0) is 30.5. The van der Waals surface area contributed by atoms with Crippen LogP contribution in [0.3, 0.4) is 0 Å². The Balaban J connectivity index is 1.33. The van der Waals surface area contributed by atoms with Gasteiger partial charge in [-0.15, -0.1) is 0 Å². The summed E-state index contributed by atoms with van der Waals surface area (Å²) in [6, 6.07) is 49.8. The molecule has 0 amide bonds. The van der Waals surface area contributed by atoms with Gasteiger partial charge in [-0.2, -0.15) is 0 Å². The van der Waals surface area contributed by atoms with Crippen molar-refractivity contribution in [2.24, 2.45) is 0 Å². The van der Waals surface area contributed by atoms with E-state index in [1.54, 1.807) is 36.4 Å². The Morgan fingerprint density at radius 3 is 1.02 bits per heavy atom. The topological polar surface area (TPSA) is 81.1 Å². The van der Waals surface area contributed by atoms with Crippen molar-refractivity contribution in [2.45, 2.75) is 0 Å². The van der Waals surface area contributed by atoms with Crippen LogP contribution in [-0.2, 0) is 0 Å². The highest BCUT2D eigenvalue weighted by Gasteiger charge is 2.16. The van der Waals surface area contributed by atoms with Crippen LogP contribution in [0, 0.1) is 0 Å². The molecule has 0 radical (unpaired) electrons. The third-order valence-corrected chi connectivity index (χ3v) is 7.32. The van der Waals surface area contributed by atoms with E-state index in [1.807, 2.05) is 131 Å². The molecule has 0 bridgehead atoms. The van der Waals surface area contributed by atoms with Crippen molar-refractivity contribution in [3.63, 3.8) is 0 Å². The van der Waals surface area contributed by atoms with Crippen molar-refractivity contribution >= 4 is 46.1 Å². The zero-order valence-corrected chi connectivity index (χ0v) is 23.6. The molecular weight excluding hydrogens is 548 g/mol. The van der Waals surface area contributed by atoms with Gasteiger partial charge in [0.1, 0.15) is 0 Å². The first-order chi connectivity index (χ1) is 21.5. The number of benzene rings is 6. The summed E-state index contributed by atoms with van der Waals surface area (Å²) in [5.41, 5.74) is 7.61. The summed E-state index contributed by atoms with van der Waals surface area (Å²) in [7, 11) is 0. The molecule has 6 heteroatoms. The lowest BCUT2D eigenvalue weighted by Crippen LogP contribution is -2.11. The molecule has 0 atom stereocenters. The minimum Gasteiger partial charge on any atom is -0.478 e. The van der Waals surface area contributed by atoms with E-state index < -0.39 is 11.9 Å². The van der Waals surface area contributed by atoms with E-state index in [-0.39, 0.29) is 11.1 Å². The van der Waals surface area contributed by atoms with Crippen LogP contribution in [0.25, 0.3) is 11.1 Å². The number of para-hydroxylation sites is 2. The Morgan fingerprint density at radius 2 is 0.682 bits per heavy atom. The monoisotopic (exact) mass is 576 g/mol. The molecule has 6 aromatic carbocycles. The number of aromatic carboxylic acids is 2. The van der Waals surface area contributed by atoms with E-state index in [0.29, 0.717) is 0 Å². The Morgan fingerprint density at radius 1 is 0.364 bits per heavy atom. The number of nitrogens with zero attached hydrogens (tertiary/aromatic N) is 2. The van der Waals surface area contributed by atoms with Crippen molar-refractivity contribution in [1.29, 1.82) is 0 Å². The standard InChI is InChI=1S/C38H28N2O4/c41-37(42)29-9-7-15-35(25-29)39(31-11-3-1-4-12-31)33-21-17-27(18-22-33)28-19-23-34(24-20-28)40(32-13-5-2-6-14-32)36-16-8-10-30(26-36)38(43)44/h1-26H,(H,41,42)(H,43,44). The molecule has 0 saturated carbocycles. The van der Waals surface area contributed by atoms with Gasteiger partial charge in [-0.25, -0.2) is 9.59 Å². The number of carboxylic acids is 2. The second kappa shape index (κ2) is 12.4. The number of carboxylic acid groups (broad SMARTS) is 2. The molecule has 6 aromatic rings. The lowest BCUT2D eigenvalue weighted by atomic mass is 10.0. The highest BCUT2D eigenvalue weighted by molar-refractivity contribution is 5.91. The Labute approximate surface area is 255 Å². The molecule has 0 saturated heterocycles. The van der Waals surface area contributed by atoms with E-state index in [9.17, 15) is 19.8 Å². The van der Waals surface area contributed by atoms with Gasteiger partial charge < -0.3 is 20.0 Å². The second-order valence-electron chi connectivity index (χ2n) is 10.1. The van der Waals surface area contributed by atoms with Crippen molar-refractivity contribution in [3.8, 4) is 11.1 Å².